The number of rotatable bonds is 4. The van der Waals surface area contributed by atoms with Crippen molar-refractivity contribution in [2.24, 2.45) is 5.92 Å². The van der Waals surface area contributed by atoms with Gasteiger partial charge < -0.3 is 9.73 Å². The molecule has 1 aromatic heterocycles. The van der Waals surface area contributed by atoms with Crippen molar-refractivity contribution in [2.75, 3.05) is 0 Å². The molecule has 1 amide bonds. The summed E-state index contributed by atoms with van der Waals surface area (Å²) in [5.74, 6) is 1.98. The van der Waals surface area contributed by atoms with Crippen molar-refractivity contribution in [1.29, 1.82) is 0 Å². The molecular formula is C17H19NO2. The van der Waals surface area contributed by atoms with E-state index in [1.54, 1.807) is 6.07 Å². The van der Waals surface area contributed by atoms with Crippen LogP contribution in [0.2, 0.25) is 0 Å². The van der Waals surface area contributed by atoms with Crippen LogP contribution in [0.4, 0.5) is 0 Å². The topological polar surface area (TPSA) is 42.2 Å². The molecule has 0 radical (unpaired) electrons. The minimum atomic E-state index is -0.0416. The Labute approximate surface area is 119 Å². The van der Waals surface area contributed by atoms with Crippen molar-refractivity contribution in [1.82, 2.24) is 5.32 Å². The van der Waals surface area contributed by atoms with Crippen LogP contribution in [0.25, 0.3) is 0 Å². The molecule has 1 saturated carbocycles. The fourth-order valence-corrected chi connectivity index (χ4v) is 2.64. The lowest BCUT2D eigenvalue weighted by atomic mass is 10.0. The third kappa shape index (κ3) is 2.62. The van der Waals surface area contributed by atoms with Crippen molar-refractivity contribution in [3.63, 3.8) is 0 Å². The normalized spacial score (nSPS) is 15.9. The molecule has 2 aromatic rings. The predicted octanol–water partition coefficient (Wildman–Crippen LogP) is 3.78. The molecule has 1 heterocycles. The fraction of sp³-hybridized carbons (Fsp3) is 0.353. The van der Waals surface area contributed by atoms with Crippen LogP contribution < -0.4 is 5.32 Å². The maximum atomic E-state index is 12.4. The highest BCUT2D eigenvalue weighted by Crippen LogP contribution is 2.41. The predicted molar refractivity (Wildman–Crippen MR) is 77.6 cm³/mol. The summed E-state index contributed by atoms with van der Waals surface area (Å²) in [4.78, 5) is 12.4. The van der Waals surface area contributed by atoms with Gasteiger partial charge in [0, 0.05) is 0 Å². The van der Waals surface area contributed by atoms with Gasteiger partial charge in [-0.25, -0.2) is 0 Å². The highest BCUT2D eigenvalue weighted by molar-refractivity contribution is 5.95. The molecule has 0 spiro atoms. The average Bonchev–Trinajstić information content (AvgIpc) is 3.22. The van der Waals surface area contributed by atoms with Crippen molar-refractivity contribution in [2.45, 2.75) is 32.7 Å². The Bertz CT molecular complexity index is 611. The second kappa shape index (κ2) is 5.16. The van der Waals surface area contributed by atoms with E-state index in [9.17, 15) is 4.79 Å². The standard InChI is InChI=1S/C17H19NO2/c1-11-10-15(12(2)20-11)17(19)18-16(14-8-9-14)13-6-4-3-5-7-13/h3-7,10,14,16H,8-9H2,1-2H3,(H,18,19)/t16-/m1/s1. The van der Waals surface area contributed by atoms with Crippen LogP contribution in [-0.4, -0.2) is 5.91 Å². The van der Waals surface area contributed by atoms with E-state index in [1.165, 1.54) is 18.4 Å². The SMILES string of the molecule is Cc1cc(C(=O)N[C@H](c2ccccc2)C2CC2)c(C)o1. The van der Waals surface area contributed by atoms with Gasteiger partial charge in [-0.15, -0.1) is 0 Å². The molecule has 3 rings (SSSR count). The first kappa shape index (κ1) is 13.0. The van der Waals surface area contributed by atoms with Gasteiger partial charge in [-0.3, -0.25) is 4.79 Å². The van der Waals surface area contributed by atoms with Crippen LogP contribution in [0, 0.1) is 19.8 Å². The summed E-state index contributed by atoms with van der Waals surface area (Å²) < 4.78 is 5.44. The molecule has 3 heteroatoms. The van der Waals surface area contributed by atoms with Crippen LogP contribution in [-0.2, 0) is 0 Å². The van der Waals surface area contributed by atoms with Gasteiger partial charge in [0.25, 0.3) is 5.91 Å². The lowest BCUT2D eigenvalue weighted by molar-refractivity contribution is 0.0930. The second-order valence-electron chi connectivity index (χ2n) is 5.53. The molecular weight excluding hydrogens is 250 g/mol. The zero-order valence-corrected chi connectivity index (χ0v) is 11.8. The summed E-state index contributed by atoms with van der Waals surface area (Å²) in [6.07, 6.45) is 2.37. The molecule has 1 atom stereocenters. The van der Waals surface area contributed by atoms with E-state index in [-0.39, 0.29) is 11.9 Å². The zero-order chi connectivity index (χ0) is 14.1. The summed E-state index contributed by atoms with van der Waals surface area (Å²) >= 11 is 0. The van der Waals surface area contributed by atoms with Crippen molar-refractivity contribution >= 4 is 5.91 Å². The number of nitrogens with one attached hydrogen (secondary N) is 1. The summed E-state index contributed by atoms with van der Waals surface area (Å²) in [5.41, 5.74) is 1.82. The van der Waals surface area contributed by atoms with Crippen LogP contribution in [0.1, 0.15) is 46.3 Å². The van der Waals surface area contributed by atoms with Gasteiger partial charge in [0.15, 0.2) is 0 Å². The molecule has 20 heavy (non-hydrogen) atoms. The average molecular weight is 269 g/mol. The molecule has 0 aliphatic heterocycles. The molecule has 1 N–H and O–H groups in total. The summed E-state index contributed by atoms with van der Waals surface area (Å²) in [7, 11) is 0. The molecule has 0 saturated heterocycles. The van der Waals surface area contributed by atoms with Gasteiger partial charge in [0.2, 0.25) is 0 Å². The number of hydrogen-bond acceptors (Lipinski definition) is 2. The highest BCUT2D eigenvalue weighted by atomic mass is 16.3. The molecule has 0 unspecified atom stereocenters. The lowest BCUT2D eigenvalue weighted by Gasteiger charge is -2.18. The maximum Gasteiger partial charge on any atom is 0.255 e. The number of hydrogen-bond donors (Lipinski definition) is 1. The molecule has 3 nitrogen and oxygen atoms in total. The third-order valence-electron chi connectivity index (χ3n) is 3.82. The Morgan fingerprint density at radius 3 is 2.50 bits per heavy atom. The van der Waals surface area contributed by atoms with Gasteiger partial charge in [-0.1, -0.05) is 30.3 Å². The minimum Gasteiger partial charge on any atom is -0.466 e. The number of benzene rings is 1. The molecule has 1 fully saturated rings. The van der Waals surface area contributed by atoms with Crippen LogP contribution in [0.5, 0.6) is 0 Å². The van der Waals surface area contributed by atoms with E-state index in [0.717, 1.165) is 5.76 Å². The second-order valence-corrected chi connectivity index (χ2v) is 5.53. The number of furan rings is 1. The first-order valence-corrected chi connectivity index (χ1v) is 7.08. The first-order valence-electron chi connectivity index (χ1n) is 7.08. The quantitative estimate of drug-likeness (QED) is 0.917. The number of amides is 1. The fourth-order valence-electron chi connectivity index (χ4n) is 2.64. The van der Waals surface area contributed by atoms with Crippen LogP contribution >= 0.6 is 0 Å². The van der Waals surface area contributed by atoms with Crippen molar-refractivity contribution < 1.29 is 9.21 Å². The van der Waals surface area contributed by atoms with E-state index < -0.39 is 0 Å². The van der Waals surface area contributed by atoms with E-state index in [2.05, 4.69) is 17.4 Å². The van der Waals surface area contributed by atoms with Gasteiger partial charge in [0.1, 0.15) is 11.5 Å². The van der Waals surface area contributed by atoms with E-state index in [0.29, 0.717) is 17.2 Å². The van der Waals surface area contributed by atoms with Crippen molar-refractivity contribution in [3.05, 3.63) is 59.0 Å². The minimum absolute atomic E-state index is 0.0416. The summed E-state index contributed by atoms with van der Waals surface area (Å²) in [5, 5.41) is 3.17. The van der Waals surface area contributed by atoms with Gasteiger partial charge in [0.05, 0.1) is 11.6 Å². The Kier molecular flexibility index (Phi) is 3.35. The Morgan fingerprint density at radius 1 is 1.25 bits per heavy atom. The van der Waals surface area contributed by atoms with E-state index >= 15 is 0 Å². The molecule has 1 aliphatic carbocycles. The number of aryl methyl sites for hydroxylation is 2. The lowest BCUT2D eigenvalue weighted by Crippen LogP contribution is -2.30. The molecule has 1 aliphatic rings. The van der Waals surface area contributed by atoms with E-state index in [1.807, 2.05) is 32.0 Å². The number of carbonyl (C=O) groups excluding carboxylic acids is 1. The van der Waals surface area contributed by atoms with Crippen LogP contribution in [0.3, 0.4) is 0 Å². The Hall–Kier alpha value is -2.03. The Morgan fingerprint density at radius 2 is 1.95 bits per heavy atom. The zero-order valence-electron chi connectivity index (χ0n) is 11.8. The van der Waals surface area contributed by atoms with Gasteiger partial charge >= 0.3 is 0 Å². The molecule has 0 bridgehead atoms. The van der Waals surface area contributed by atoms with Crippen molar-refractivity contribution in [3.8, 4) is 0 Å². The Balaban J connectivity index is 1.81. The van der Waals surface area contributed by atoms with E-state index in [4.69, 9.17) is 4.42 Å². The highest BCUT2D eigenvalue weighted by Gasteiger charge is 2.33. The smallest absolute Gasteiger partial charge is 0.255 e. The summed E-state index contributed by atoms with van der Waals surface area (Å²) in [6, 6.07) is 12.1. The maximum absolute atomic E-state index is 12.4. The molecule has 1 aromatic carbocycles. The third-order valence-corrected chi connectivity index (χ3v) is 3.82. The number of carbonyl (C=O) groups is 1. The van der Waals surface area contributed by atoms with Crippen LogP contribution in [0.15, 0.2) is 40.8 Å². The largest absolute Gasteiger partial charge is 0.466 e. The van der Waals surface area contributed by atoms with Gasteiger partial charge in [-0.05, 0) is 44.2 Å². The molecule has 104 valence electrons. The monoisotopic (exact) mass is 269 g/mol. The van der Waals surface area contributed by atoms with Gasteiger partial charge in [-0.2, -0.15) is 0 Å². The first-order chi connectivity index (χ1) is 9.65. The summed E-state index contributed by atoms with van der Waals surface area (Å²) in [6.45, 7) is 3.69.